The summed E-state index contributed by atoms with van der Waals surface area (Å²) in [6.45, 7) is 2.62. The molecule has 1 N–H and O–H groups in total. The van der Waals surface area contributed by atoms with E-state index in [1.165, 1.54) is 0 Å². The van der Waals surface area contributed by atoms with Crippen LogP contribution in [-0.4, -0.2) is 30.4 Å². The minimum absolute atomic E-state index is 0.160. The van der Waals surface area contributed by atoms with E-state index in [0.29, 0.717) is 18.7 Å². The number of esters is 1. The fourth-order valence-corrected chi connectivity index (χ4v) is 6.27. The van der Waals surface area contributed by atoms with Crippen molar-refractivity contribution in [3.63, 3.8) is 0 Å². The van der Waals surface area contributed by atoms with Gasteiger partial charge in [-0.3, -0.25) is 14.5 Å². The van der Waals surface area contributed by atoms with Crippen molar-refractivity contribution >= 4 is 17.6 Å². The summed E-state index contributed by atoms with van der Waals surface area (Å²) >= 11 is 0. The zero-order chi connectivity index (χ0) is 22.1. The van der Waals surface area contributed by atoms with Crippen LogP contribution >= 0.6 is 0 Å². The van der Waals surface area contributed by atoms with Gasteiger partial charge in [0, 0.05) is 23.7 Å². The van der Waals surface area contributed by atoms with E-state index in [-0.39, 0.29) is 17.8 Å². The van der Waals surface area contributed by atoms with Gasteiger partial charge in [-0.05, 0) is 43.7 Å². The highest BCUT2D eigenvalue weighted by Gasteiger charge is 2.75. The first-order chi connectivity index (χ1) is 15.5. The second-order valence-corrected chi connectivity index (χ2v) is 9.20. The summed E-state index contributed by atoms with van der Waals surface area (Å²) in [7, 11) is 1.95. The van der Waals surface area contributed by atoms with Crippen LogP contribution in [0.5, 0.6) is 5.75 Å². The highest BCUT2D eigenvalue weighted by Crippen LogP contribution is 2.65. The first-order valence-corrected chi connectivity index (χ1v) is 11.0. The maximum Gasteiger partial charge on any atom is 0.321 e. The summed E-state index contributed by atoms with van der Waals surface area (Å²) in [6, 6.07) is 23.7. The van der Waals surface area contributed by atoms with E-state index in [2.05, 4.69) is 34.5 Å². The quantitative estimate of drug-likeness (QED) is 0.474. The molecule has 3 aromatic carbocycles. The molecule has 0 bridgehead atoms. The predicted octanol–water partition coefficient (Wildman–Crippen LogP) is 4.02. The molecule has 3 atom stereocenters. The molecule has 0 saturated carbocycles. The second kappa shape index (κ2) is 6.53. The summed E-state index contributed by atoms with van der Waals surface area (Å²) < 4.78 is 6.00. The molecule has 1 fully saturated rings. The van der Waals surface area contributed by atoms with Crippen molar-refractivity contribution in [1.29, 1.82) is 0 Å². The Morgan fingerprint density at radius 2 is 1.69 bits per heavy atom. The summed E-state index contributed by atoms with van der Waals surface area (Å²) in [4.78, 5) is 30.0. The Morgan fingerprint density at radius 1 is 0.969 bits per heavy atom. The number of nitrogens with zero attached hydrogens (tertiary/aromatic N) is 1. The predicted molar refractivity (Wildman–Crippen MR) is 122 cm³/mol. The van der Waals surface area contributed by atoms with Crippen LogP contribution in [0.4, 0.5) is 5.69 Å². The van der Waals surface area contributed by atoms with Gasteiger partial charge < -0.3 is 10.1 Å². The summed E-state index contributed by atoms with van der Waals surface area (Å²) in [5.74, 6) is -0.113. The van der Waals surface area contributed by atoms with Gasteiger partial charge in [-0.2, -0.15) is 0 Å². The van der Waals surface area contributed by atoms with Gasteiger partial charge in [-0.25, -0.2) is 0 Å². The number of benzene rings is 3. The van der Waals surface area contributed by atoms with Gasteiger partial charge >= 0.3 is 5.97 Å². The summed E-state index contributed by atoms with van der Waals surface area (Å²) in [5, 5.41) is 3.07. The molecule has 5 heteroatoms. The van der Waals surface area contributed by atoms with Crippen molar-refractivity contribution in [2.24, 2.45) is 5.41 Å². The normalized spacial score (nSPS) is 28.5. The van der Waals surface area contributed by atoms with Crippen LogP contribution in [0.1, 0.15) is 28.2 Å². The Labute approximate surface area is 187 Å². The largest absolute Gasteiger partial charge is 0.426 e. The molecule has 3 heterocycles. The fourth-order valence-electron chi connectivity index (χ4n) is 6.27. The number of likely N-dealkylation sites (tertiary alicyclic amines) is 1. The molecule has 5 nitrogen and oxygen atoms in total. The van der Waals surface area contributed by atoms with Gasteiger partial charge in [0.1, 0.15) is 16.7 Å². The molecule has 0 aliphatic carbocycles. The first kappa shape index (κ1) is 19.3. The molecule has 6 rings (SSSR count). The number of likely N-dealkylation sites (N-methyl/N-ethyl adjacent to an activating group) is 1. The van der Waals surface area contributed by atoms with Crippen LogP contribution < -0.4 is 10.1 Å². The Morgan fingerprint density at radius 3 is 2.50 bits per heavy atom. The van der Waals surface area contributed by atoms with Crippen molar-refractivity contribution in [3.8, 4) is 5.75 Å². The SMILES string of the molecule is Cc1ccc([C@H]2CN(C)[C@@]3(C(=O)Nc4ccccc43)[C@@]23Cc2ccccc2OC3=O)cc1. The molecular formula is C27H24N2O3. The average molecular weight is 425 g/mol. The van der Waals surface area contributed by atoms with E-state index in [1.54, 1.807) is 0 Å². The Hall–Kier alpha value is -3.44. The molecule has 3 aliphatic heterocycles. The van der Waals surface area contributed by atoms with Crippen molar-refractivity contribution in [3.05, 3.63) is 95.1 Å². The fraction of sp³-hybridized carbons (Fsp3) is 0.259. The molecule has 3 aromatic rings. The Bertz CT molecular complexity index is 1270. The third kappa shape index (κ3) is 2.21. The van der Waals surface area contributed by atoms with Crippen LogP contribution in [0.3, 0.4) is 0 Å². The maximum atomic E-state index is 14.1. The topological polar surface area (TPSA) is 58.6 Å². The molecule has 3 aliphatic rings. The molecule has 0 radical (unpaired) electrons. The van der Waals surface area contributed by atoms with Crippen LogP contribution in [0.25, 0.3) is 0 Å². The van der Waals surface area contributed by atoms with Gasteiger partial charge in [-0.1, -0.05) is 66.2 Å². The minimum Gasteiger partial charge on any atom is -0.426 e. The monoisotopic (exact) mass is 424 g/mol. The second-order valence-electron chi connectivity index (χ2n) is 9.20. The zero-order valence-corrected chi connectivity index (χ0v) is 18.1. The van der Waals surface area contributed by atoms with Gasteiger partial charge in [0.15, 0.2) is 0 Å². The number of hydrogen-bond acceptors (Lipinski definition) is 4. The standard InChI is InChI=1S/C27H24N2O3/c1-17-11-13-18(14-12-17)21-16-29(2)27(20-8-4-5-9-22(20)28-24(27)30)26(21)15-19-7-3-6-10-23(19)32-25(26)31/h3-14,21H,15-16H2,1-2H3,(H,28,30)/t21-,26+,27+/m1/s1. The number of nitrogens with one attached hydrogen (secondary N) is 1. The van der Waals surface area contributed by atoms with E-state index >= 15 is 0 Å². The molecule has 160 valence electrons. The highest BCUT2D eigenvalue weighted by atomic mass is 16.5. The van der Waals surface area contributed by atoms with Crippen molar-refractivity contribution < 1.29 is 14.3 Å². The summed E-state index contributed by atoms with van der Waals surface area (Å²) in [6.07, 6.45) is 0.437. The average Bonchev–Trinajstić information content (AvgIpc) is 3.24. The zero-order valence-electron chi connectivity index (χ0n) is 18.1. The number of aryl methyl sites for hydroxylation is 1. The molecular weight excluding hydrogens is 400 g/mol. The number of amides is 1. The van der Waals surface area contributed by atoms with E-state index in [4.69, 9.17) is 4.74 Å². The number of para-hydroxylation sites is 2. The Kier molecular flexibility index (Phi) is 3.93. The van der Waals surface area contributed by atoms with Crippen LogP contribution in [-0.2, 0) is 21.5 Å². The molecule has 1 saturated heterocycles. The molecule has 1 amide bonds. The number of anilines is 1. The molecule has 2 spiro atoms. The smallest absolute Gasteiger partial charge is 0.321 e. The Balaban J connectivity index is 1.66. The van der Waals surface area contributed by atoms with E-state index in [9.17, 15) is 9.59 Å². The third-order valence-electron chi connectivity index (χ3n) is 7.65. The number of fused-ring (bicyclic) bond motifs is 4. The van der Waals surface area contributed by atoms with Crippen LogP contribution in [0.2, 0.25) is 0 Å². The van der Waals surface area contributed by atoms with Gasteiger partial charge in [-0.15, -0.1) is 0 Å². The lowest BCUT2D eigenvalue weighted by Gasteiger charge is -2.47. The third-order valence-corrected chi connectivity index (χ3v) is 7.65. The lowest BCUT2D eigenvalue weighted by Crippen LogP contribution is -2.61. The van der Waals surface area contributed by atoms with Gasteiger partial charge in [0.2, 0.25) is 0 Å². The van der Waals surface area contributed by atoms with Crippen molar-refractivity contribution in [2.45, 2.75) is 24.8 Å². The number of carbonyl (C=O) groups is 2. The van der Waals surface area contributed by atoms with Gasteiger partial charge in [0.25, 0.3) is 5.91 Å². The van der Waals surface area contributed by atoms with E-state index in [1.807, 2.05) is 62.5 Å². The number of carbonyl (C=O) groups excluding carboxylic acids is 2. The van der Waals surface area contributed by atoms with Crippen LogP contribution in [0.15, 0.2) is 72.8 Å². The summed E-state index contributed by atoms with van der Waals surface area (Å²) in [5.41, 5.74) is 2.53. The number of ether oxygens (including phenoxy) is 1. The van der Waals surface area contributed by atoms with E-state index < -0.39 is 11.0 Å². The maximum absolute atomic E-state index is 14.1. The highest BCUT2D eigenvalue weighted by molar-refractivity contribution is 6.10. The number of hydrogen-bond donors (Lipinski definition) is 1. The lowest BCUT2D eigenvalue weighted by molar-refractivity contribution is -0.160. The molecule has 0 unspecified atom stereocenters. The number of rotatable bonds is 1. The van der Waals surface area contributed by atoms with Crippen molar-refractivity contribution in [2.75, 3.05) is 18.9 Å². The first-order valence-electron chi connectivity index (χ1n) is 11.0. The molecule has 0 aromatic heterocycles. The molecule has 32 heavy (non-hydrogen) atoms. The van der Waals surface area contributed by atoms with Gasteiger partial charge in [0.05, 0.1) is 0 Å². The van der Waals surface area contributed by atoms with Crippen molar-refractivity contribution in [1.82, 2.24) is 4.90 Å². The van der Waals surface area contributed by atoms with E-state index in [0.717, 1.165) is 27.9 Å². The van der Waals surface area contributed by atoms with Crippen LogP contribution in [0, 0.1) is 12.3 Å². The minimum atomic E-state index is -1.15. The lowest BCUT2D eigenvalue weighted by atomic mass is 9.57.